The Hall–Kier alpha value is -3.15. The molecule has 0 fully saturated rings. The number of rotatable bonds is 3. The third kappa shape index (κ3) is 3.05. The summed E-state index contributed by atoms with van der Waals surface area (Å²) in [5.41, 5.74) is 5.97. The van der Waals surface area contributed by atoms with E-state index in [1.165, 1.54) is 11.1 Å². The number of nitrogens with one attached hydrogen (secondary N) is 3. The van der Waals surface area contributed by atoms with Gasteiger partial charge in [-0.15, -0.1) is 0 Å². The third-order valence-corrected chi connectivity index (χ3v) is 5.16. The Bertz CT molecular complexity index is 1200. The molecule has 28 heavy (non-hydrogen) atoms. The van der Waals surface area contributed by atoms with E-state index in [0.717, 1.165) is 29.9 Å². The highest BCUT2D eigenvalue weighted by molar-refractivity contribution is 6.32. The Morgan fingerprint density at radius 3 is 2.68 bits per heavy atom. The molecule has 0 bridgehead atoms. The maximum atomic E-state index is 13.0. The van der Waals surface area contributed by atoms with E-state index in [1.807, 2.05) is 48.5 Å². The zero-order valence-electron chi connectivity index (χ0n) is 14.9. The fourth-order valence-corrected chi connectivity index (χ4v) is 3.78. The smallest absolute Gasteiger partial charge is 0.257 e. The molecule has 138 valence electrons. The second kappa shape index (κ2) is 6.78. The molecule has 6 heteroatoms. The van der Waals surface area contributed by atoms with E-state index >= 15 is 0 Å². The van der Waals surface area contributed by atoms with Crippen LogP contribution in [0.2, 0.25) is 5.02 Å². The predicted octanol–water partition coefficient (Wildman–Crippen LogP) is 4.74. The number of hydrogen-bond donors (Lipinski definition) is 3. The lowest BCUT2D eigenvalue weighted by Crippen LogP contribution is -2.13. The quantitative estimate of drug-likeness (QED) is 0.474. The van der Waals surface area contributed by atoms with Crippen molar-refractivity contribution in [3.8, 4) is 11.4 Å². The number of anilines is 1. The second-order valence-electron chi connectivity index (χ2n) is 6.84. The van der Waals surface area contributed by atoms with Crippen molar-refractivity contribution in [3.63, 3.8) is 0 Å². The maximum Gasteiger partial charge on any atom is 0.257 e. The third-order valence-electron chi connectivity index (χ3n) is 4.94. The van der Waals surface area contributed by atoms with Crippen LogP contribution in [0.4, 0.5) is 5.69 Å². The summed E-state index contributed by atoms with van der Waals surface area (Å²) in [4.78, 5) is 20.9. The molecule has 5 nitrogen and oxygen atoms in total. The molecule has 0 radical (unpaired) electrons. The van der Waals surface area contributed by atoms with Crippen LogP contribution in [-0.4, -0.2) is 15.9 Å². The molecule has 2 heterocycles. The molecule has 3 aromatic carbocycles. The molecule has 0 saturated carbocycles. The van der Waals surface area contributed by atoms with Crippen molar-refractivity contribution in [2.24, 2.45) is 0 Å². The summed E-state index contributed by atoms with van der Waals surface area (Å²) in [5, 5.41) is 6.77. The van der Waals surface area contributed by atoms with E-state index in [9.17, 15) is 4.79 Å². The lowest BCUT2D eigenvalue weighted by atomic mass is 10.1. The summed E-state index contributed by atoms with van der Waals surface area (Å²) in [6.45, 7) is 1.69. The lowest BCUT2D eigenvalue weighted by Gasteiger charge is -2.08. The molecular weight excluding hydrogens is 372 g/mol. The molecule has 0 saturated heterocycles. The van der Waals surface area contributed by atoms with Gasteiger partial charge in [0.05, 0.1) is 11.1 Å². The zero-order valence-corrected chi connectivity index (χ0v) is 15.7. The normalized spacial score (nSPS) is 12.9. The SMILES string of the molecule is O=C(Nc1ccc2c(c1)CNC2)c1cc(Cl)cc2[nH]c(-c3ccccc3)nc12. The number of H-pyrrole nitrogens is 1. The number of aromatic amines is 1. The average Bonchev–Trinajstić information content (AvgIpc) is 3.34. The van der Waals surface area contributed by atoms with Gasteiger partial charge in [-0.2, -0.15) is 0 Å². The molecule has 5 rings (SSSR count). The molecule has 0 atom stereocenters. The van der Waals surface area contributed by atoms with Gasteiger partial charge in [-0.3, -0.25) is 4.79 Å². The Balaban J connectivity index is 1.52. The van der Waals surface area contributed by atoms with Gasteiger partial charge < -0.3 is 15.6 Å². The minimum atomic E-state index is -0.232. The molecule has 0 aliphatic carbocycles. The minimum absolute atomic E-state index is 0.232. The Morgan fingerprint density at radius 1 is 1.00 bits per heavy atom. The van der Waals surface area contributed by atoms with Crippen LogP contribution in [0.3, 0.4) is 0 Å². The predicted molar refractivity (Wildman–Crippen MR) is 111 cm³/mol. The van der Waals surface area contributed by atoms with E-state index < -0.39 is 0 Å². The van der Waals surface area contributed by atoms with E-state index in [0.29, 0.717) is 21.9 Å². The lowest BCUT2D eigenvalue weighted by molar-refractivity contribution is 0.102. The first-order valence-corrected chi connectivity index (χ1v) is 9.44. The van der Waals surface area contributed by atoms with Crippen LogP contribution < -0.4 is 10.6 Å². The van der Waals surface area contributed by atoms with Crippen molar-refractivity contribution in [3.05, 3.63) is 82.4 Å². The number of carbonyl (C=O) groups excluding carboxylic acids is 1. The van der Waals surface area contributed by atoms with Crippen LogP contribution in [0.25, 0.3) is 22.4 Å². The van der Waals surface area contributed by atoms with Gasteiger partial charge in [-0.05, 0) is 35.4 Å². The van der Waals surface area contributed by atoms with Crippen molar-refractivity contribution in [2.45, 2.75) is 13.1 Å². The van der Waals surface area contributed by atoms with Gasteiger partial charge >= 0.3 is 0 Å². The monoisotopic (exact) mass is 388 g/mol. The highest BCUT2D eigenvalue weighted by Gasteiger charge is 2.17. The largest absolute Gasteiger partial charge is 0.338 e. The van der Waals surface area contributed by atoms with Crippen LogP contribution >= 0.6 is 11.6 Å². The van der Waals surface area contributed by atoms with Gasteiger partial charge in [0, 0.05) is 29.4 Å². The highest BCUT2D eigenvalue weighted by Crippen LogP contribution is 2.27. The number of carbonyl (C=O) groups is 1. The van der Waals surface area contributed by atoms with E-state index in [-0.39, 0.29) is 5.91 Å². The summed E-state index contributed by atoms with van der Waals surface area (Å²) in [6, 6.07) is 19.2. The maximum absolute atomic E-state index is 13.0. The number of amides is 1. The van der Waals surface area contributed by atoms with Crippen LogP contribution in [0, 0.1) is 0 Å². The zero-order chi connectivity index (χ0) is 19.1. The van der Waals surface area contributed by atoms with Crippen molar-refractivity contribution in [2.75, 3.05) is 5.32 Å². The topological polar surface area (TPSA) is 69.8 Å². The van der Waals surface area contributed by atoms with E-state index in [2.05, 4.69) is 20.6 Å². The Morgan fingerprint density at radius 2 is 1.82 bits per heavy atom. The molecule has 0 spiro atoms. The Kier molecular flexibility index (Phi) is 4.11. The molecule has 1 aliphatic heterocycles. The number of halogens is 1. The summed E-state index contributed by atoms with van der Waals surface area (Å²) in [7, 11) is 0. The van der Waals surface area contributed by atoms with Gasteiger partial charge in [0.1, 0.15) is 11.3 Å². The van der Waals surface area contributed by atoms with E-state index in [4.69, 9.17) is 11.6 Å². The number of aromatic nitrogens is 2. The number of fused-ring (bicyclic) bond motifs is 2. The van der Waals surface area contributed by atoms with Gasteiger partial charge in [0.2, 0.25) is 0 Å². The highest BCUT2D eigenvalue weighted by atomic mass is 35.5. The van der Waals surface area contributed by atoms with Gasteiger partial charge in [-0.25, -0.2) is 4.98 Å². The summed E-state index contributed by atoms with van der Waals surface area (Å²) in [6.07, 6.45) is 0. The van der Waals surface area contributed by atoms with Gasteiger partial charge in [0.25, 0.3) is 5.91 Å². The summed E-state index contributed by atoms with van der Waals surface area (Å²) in [5.74, 6) is 0.472. The molecule has 4 aromatic rings. The molecule has 1 amide bonds. The molecule has 0 unspecified atom stereocenters. The number of nitrogens with zero attached hydrogens (tertiary/aromatic N) is 1. The Labute approximate surface area is 166 Å². The van der Waals surface area contributed by atoms with Crippen molar-refractivity contribution in [1.82, 2.24) is 15.3 Å². The first kappa shape index (κ1) is 17.0. The van der Waals surface area contributed by atoms with Crippen molar-refractivity contribution >= 4 is 34.2 Å². The molecular formula is C22H17ClN4O. The van der Waals surface area contributed by atoms with Crippen molar-refractivity contribution in [1.29, 1.82) is 0 Å². The fraction of sp³-hybridized carbons (Fsp3) is 0.0909. The van der Waals surface area contributed by atoms with Crippen LogP contribution in [-0.2, 0) is 13.1 Å². The average molecular weight is 389 g/mol. The first-order chi connectivity index (χ1) is 13.7. The second-order valence-corrected chi connectivity index (χ2v) is 7.28. The van der Waals surface area contributed by atoms with Crippen LogP contribution in [0.1, 0.15) is 21.5 Å². The fourth-order valence-electron chi connectivity index (χ4n) is 3.56. The minimum Gasteiger partial charge on any atom is -0.338 e. The van der Waals surface area contributed by atoms with Crippen LogP contribution in [0.5, 0.6) is 0 Å². The molecule has 3 N–H and O–H groups in total. The standard InChI is InChI=1S/C22H17ClN4O/c23-16-9-18(22(28)25-17-7-6-14-11-24-12-15(14)8-17)20-19(10-16)26-21(27-20)13-4-2-1-3-5-13/h1-10,24H,11-12H2,(H,25,28)(H,26,27). The summed E-state index contributed by atoms with van der Waals surface area (Å²) >= 11 is 6.27. The molecule has 1 aliphatic rings. The van der Waals surface area contributed by atoms with E-state index in [1.54, 1.807) is 12.1 Å². The number of hydrogen-bond acceptors (Lipinski definition) is 3. The van der Waals surface area contributed by atoms with Crippen LogP contribution in [0.15, 0.2) is 60.7 Å². The van der Waals surface area contributed by atoms with Gasteiger partial charge in [-0.1, -0.05) is 48.0 Å². The first-order valence-electron chi connectivity index (χ1n) is 9.06. The number of imidazole rings is 1. The molecule has 1 aromatic heterocycles. The number of benzene rings is 3. The van der Waals surface area contributed by atoms with Crippen molar-refractivity contribution < 1.29 is 4.79 Å². The van der Waals surface area contributed by atoms with Gasteiger partial charge in [0.15, 0.2) is 0 Å². The summed E-state index contributed by atoms with van der Waals surface area (Å²) < 4.78 is 0.